The van der Waals surface area contributed by atoms with Crippen molar-refractivity contribution in [3.05, 3.63) is 71.8 Å². The fourth-order valence-electron chi connectivity index (χ4n) is 7.87. The third-order valence-electron chi connectivity index (χ3n) is 10.0. The summed E-state index contributed by atoms with van der Waals surface area (Å²) in [5.74, 6) is -1.17. The first-order chi connectivity index (χ1) is 20.9. The van der Waals surface area contributed by atoms with Crippen LogP contribution in [0.3, 0.4) is 0 Å². The molecule has 2 aromatic rings. The average molecular weight is 621 g/mol. The van der Waals surface area contributed by atoms with Gasteiger partial charge >= 0.3 is 0 Å². The van der Waals surface area contributed by atoms with Crippen molar-refractivity contribution < 1.29 is 28.2 Å². The number of rotatable bonds is 13. The summed E-state index contributed by atoms with van der Waals surface area (Å²) < 4.78 is 24.8. The second kappa shape index (κ2) is 14.3. The summed E-state index contributed by atoms with van der Waals surface area (Å²) in [7, 11) is 0.469. The number of carbonyl (C=O) groups excluding carboxylic acids is 2. The van der Waals surface area contributed by atoms with Crippen molar-refractivity contribution in [2.45, 2.75) is 77.9 Å². The smallest absolute Gasteiger partial charge is 0.261 e. The number of allylic oxidation sites excluding steroid dienone is 2. The van der Waals surface area contributed by atoms with Crippen molar-refractivity contribution in [3.63, 3.8) is 0 Å². The second-order valence-corrected chi connectivity index (χ2v) is 18.3. The lowest BCUT2D eigenvalue weighted by Crippen LogP contribution is -2.67. The Morgan fingerprint density at radius 3 is 2.02 bits per heavy atom. The molecule has 2 fully saturated rings. The molecule has 240 valence electrons. The van der Waals surface area contributed by atoms with Crippen LogP contribution in [0.1, 0.15) is 67.2 Å². The molecule has 0 N–H and O–H groups in total. The van der Waals surface area contributed by atoms with Crippen molar-refractivity contribution in [3.8, 4) is 0 Å². The largest absolute Gasteiger partial charge is 0.407 e. The summed E-state index contributed by atoms with van der Waals surface area (Å²) in [6.07, 6.45) is 2.65. The van der Waals surface area contributed by atoms with Crippen LogP contribution in [0.25, 0.3) is 0 Å². The monoisotopic (exact) mass is 620 g/mol. The Kier molecular flexibility index (Phi) is 11.2. The Morgan fingerprint density at radius 2 is 1.55 bits per heavy atom. The van der Waals surface area contributed by atoms with Gasteiger partial charge in [-0.15, -0.1) is 0 Å². The SMILES string of the molecule is COCO[C@]1(COC)CC[C@@H]([C@@H](C)CO[Si](c2ccccc2)(c2ccccc2)C(C)(C)C)[C@@H]1C(=O)C1CCC(=C(C)C)C1=O. The highest BCUT2D eigenvalue weighted by atomic mass is 28.4. The van der Waals surface area contributed by atoms with Gasteiger partial charge in [-0.05, 0) is 72.4 Å². The van der Waals surface area contributed by atoms with Gasteiger partial charge in [-0.2, -0.15) is 0 Å². The minimum Gasteiger partial charge on any atom is -0.407 e. The number of ether oxygens (including phenoxy) is 3. The molecule has 0 bridgehead atoms. The first kappa shape index (κ1) is 34.5. The third kappa shape index (κ3) is 6.58. The predicted molar refractivity (Wildman–Crippen MR) is 178 cm³/mol. The van der Waals surface area contributed by atoms with Crippen LogP contribution in [0.2, 0.25) is 5.04 Å². The maximum atomic E-state index is 14.5. The van der Waals surface area contributed by atoms with Crippen LogP contribution in [-0.2, 0) is 28.2 Å². The van der Waals surface area contributed by atoms with Crippen LogP contribution in [0.5, 0.6) is 0 Å². The number of carbonyl (C=O) groups is 2. The summed E-state index contributed by atoms with van der Waals surface area (Å²) in [5, 5.41) is 2.31. The molecule has 0 heterocycles. The van der Waals surface area contributed by atoms with Gasteiger partial charge in [0.1, 0.15) is 18.2 Å². The number of Topliss-reactive ketones (excluding diaryl/α,β-unsaturated/α-hetero) is 2. The number of methoxy groups -OCH3 is 2. The highest BCUT2D eigenvalue weighted by molar-refractivity contribution is 6.99. The lowest BCUT2D eigenvalue weighted by molar-refractivity contribution is -0.181. The first-order valence-electron chi connectivity index (χ1n) is 16.0. The van der Waals surface area contributed by atoms with E-state index in [-0.39, 0.29) is 41.8 Å². The maximum Gasteiger partial charge on any atom is 0.261 e. The van der Waals surface area contributed by atoms with Crippen LogP contribution in [0.15, 0.2) is 71.8 Å². The van der Waals surface area contributed by atoms with Crippen molar-refractivity contribution in [1.82, 2.24) is 0 Å². The van der Waals surface area contributed by atoms with E-state index in [4.69, 9.17) is 18.6 Å². The molecule has 6 nitrogen and oxygen atoms in total. The summed E-state index contributed by atoms with van der Waals surface area (Å²) in [6, 6.07) is 21.3. The molecule has 2 aliphatic rings. The molecule has 0 amide bonds. The van der Waals surface area contributed by atoms with E-state index in [1.54, 1.807) is 14.2 Å². The Labute approximate surface area is 265 Å². The van der Waals surface area contributed by atoms with E-state index >= 15 is 0 Å². The lowest BCUT2D eigenvalue weighted by atomic mass is 9.73. The minimum atomic E-state index is -2.76. The quantitative estimate of drug-likeness (QED) is 0.116. The molecule has 4 rings (SSSR count). The fraction of sp³-hybridized carbons (Fsp3) is 0.568. The van der Waals surface area contributed by atoms with Gasteiger partial charge < -0.3 is 18.6 Å². The van der Waals surface area contributed by atoms with Crippen molar-refractivity contribution in [2.24, 2.45) is 23.7 Å². The summed E-state index contributed by atoms with van der Waals surface area (Å²) in [5.41, 5.74) is 0.946. The average Bonchev–Trinajstić information content (AvgIpc) is 3.57. The van der Waals surface area contributed by atoms with E-state index in [0.717, 1.165) is 17.6 Å². The molecule has 0 radical (unpaired) electrons. The Hall–Kier alpha value is -2.42. The normalized spacial score (nSPS) is 25.0. The summed E-state index contributed by atoms with van der Waals surface area (Å²) in [6.45, 7) is 13.8. The number of benzene rings is 2. The van der Waals surface area contributed by atoms with E-state index in [0.29, 0.717) is 25.9 Å². The van der Waals surface area contributed by atoms with Gasteiger partial charge in [0.05, 0.1) is 18.4 Å². The van der Waals surface area contributed by atoms with E-state index in [1.807, 2.05) is 26.0 Å². The number of hydrogen-bond donors (Lipinski definition) is 0. The van der Waals surface area contributed by atoms with Crippen LogP contribution < -0.4 is 10.4 Å². The molecule has 0 aliphatic heterocycles. The van der Waals surface area contributed by atoms with Crippen LogP contribution in [-0.4, -0.2) is 59.7 Å². The van der Waals surface area contributed by atoms with Gasteiger partial charge in [0.25, 0.3) is 8.32 Å². The molecule has 0 spiro atoms. The fourth-order valence-corrected chi connectivity index (χ4v) is 12.5. The van der Waals surface area contributed by atoms with E-state index in [9.17, 15) is 9.59 Å². The zero-order valence-electron chi connectivity index (χ0n) is 28.0. The zero-order valence-corrected chi connectivity index (χ0v) is 29.0. The zero-order chi connectivity index (χ0) is 32.1. The molecular weight excluding hydrogens is 568 g/mol. The number of hydrogen-bond acceptors (Lipinski definition) is 6. The highest BCUT2D eigenvalue weighted by Crippen LogP contribution is 2.50. The lowest BCUT2D eigenvalue weighted by Gasteiger charge is -2.44. The molecule has 7 heteroatoms. The third-order valence-corrected chi connectivity index (χ3v) is 15.0. The first-order valence-corrected chi connectivity index (χ1v) is 18.0. The van der Waals surface area contributed by atoms with Crippen LogP contribution >= 0.6 is 0 Å². The van der Waals surface area contributed by atoms with Gasteiger partial charge in [-0.1, -0.05) is 93.9 Å². The van der Waals surface area contributed by atoms with Gasteiger partial charge in [0, 0.05) is 20.8 Å². The van der Waals surface area contributed by atoms with Gasteiger partial charge in [-0.3, -0.25) is 9.59 Å². The van der Waals surface area contributed by atoms with Crippen molar-refractivity contribution in [1.29, 1.82) is 0 Å². The maximum absolute atomic E-state index is 14.5. The van der Waals surface area contributed by atoms with Gasteiger partial charge in [-0.25, -0.2) is 0 Å². The minimum absolute atomic E-state index is 0.0146. The topological polar surface area (TPSA) is 71.1 Å². The molecule has 2 aromatic carbocycles. The second-order valence-electron chi connectivity index (χ2n) is 14.0. The molecule has 44 heavy (non-hydrogen) atoms. The molecule has 2 saturated carbocycles. The van der Waals surface area contributed by atoms with Crippen LogP contribution in [0.4, 0.5) is 0 Å². The van der Waals surface area contributed by atoms with Gasteiger partial charge in [0.2, 0.25) is 0 Å². The Balaban J connectivity index is 1.72. The molecule has 0 saturated heterocycles. The predicted octanol–water partition coefficient (Wildman–Crippen LogP) is 6.12. The van der Waals surface area contributed by atoms with Crippen LogP contribution in [0, 0.1) is 23.7 Å². The molecule has 0 aromatic heterocycles. The molecular formula is C37H52O6Si. The van der Waals surface area contributed by atoms with Gasteiger partial charge in [0.15, 0.2) is 5.78 Å². The highest BCUT2D eigenvalue weighted by Gasteiger charge is 2.58. The molecule has 1 unspecified atom stereocenters. The Morgan fingerprint density at radius 1 is 0.955 bits per heavy atom. The molecule has 2 aliphatic carbocycles. The van der Waals surface area contributed by atoms with E-state index < -0.39 is 25.8 Å². The standard InChI is InChI=1S/C37H52O6Si/c1-26(2)30-19-20-32(34(30)38)35(39)33-31(21-22-37(33,24-40-7)42-25-41-8)27(3)23-43-44(36(4,5)6,28-15-11-9-12-16-28)29-17-13-10-14-18-29/h9-18,27,31-33H,19-25H2,1-8H3/t27-,31-,32?,33+,37-/m0/s1. The van der Waals surface area contributed by atoms with E-state index in [1.165, 1.54) is 10.4 Å². The van der Waals surface area contributed by atoms with Crippen molar-refractivity contribution in [2.75, 3.05) is 34.2 Å². The Bertz CT molecular complexity index is 1260. The summed E-state index contributed by atoms with van der Waals surface area (Å²) >= 11 is 0. The molecule has 5 atom stereocenters. The van der Waals surface area contributed by atoms with E-state index in [2.05, 4.69) is 76.2 Å². The summed E-state index contributed by atoms with van der Waals surface area (Å²) in [4.78, 5) is 28.0. The van der Waals surface area contributed by atoms with Crippen molar-refractivity contribution >= 4 is 30.3 Å². The number of ketones is 2.